The molecule has 0 amide bonds. The first-order chi connectivity index (χ1) is 8.91. The maximum Gasteiger partial charge on any atom is 0.200 e. The predicted molar refractivity (Wildman–Crippen MR) is 68.8 cm³/mol. The van der Waals surface area contributed by atoms with Gasteiger partial charge in [0, 0.05) is 6.42 Å². The van der Waals surface area contributed by atoms with Crippen molar-refractivity contribution >= 4 is 0 Å². The van der Waals surface area contributed by atoms with Crippen LogP contribution in [0, 0.1) is 23.0 Å². The summed E-state index contributed by atoms with van der Waals surface area (Å²) in [5.74, 6) is -2.08. The molecule has 1 aromatic carbocycles. The number of nitriles is 1. The van der Waals surface area contributed by atoms with E-state index in [1.807, 2.05) is 6.92 Å². The summed E-state index contributed by atoms with van der Waals surface area (Å²) in [4.78, 5) is 0. The van der Waals surface area contributed by atoms with Gasteiger partial charge in [-0.05, 0) is 32.5 Å². The van der Waals surface area contributed by atoms with Crippen LogP contribution in [-0.4, -0.2) is 18.2 Å². The van der Waals surface area contributed by atoms with E-state index in [0.29, 0.717) is 13.0 Å². The predicted octanol–water partition coefficient (Wildman–Crippen LogP) is 3.01. The monoisotopic (exact) mass is 268 g/mol. The average molecular weight is 268 g/mol. The number of halogens is 2. The molecular weight excluding hydrogens is 250 g/mol. The molecule has 0 fully saturated rings. The summed E-state index contributed by atoms with van der Waals surface area (Å²) in [5, 5.41) is 12.2. The molecule has 0 radical (unpaired) electrons. The highest BCUT2D eigenvalue weighted by Gasteiger charge is 2.26. The Hall–Kier alpha value is -1.67. The van der Waals surface area contributed by atoms with Gasteiger partial charge in [-0.15, -0.1) is 0 Å². The van der Waals surface area contributed by atoms with Crippen LogP contribution in [0.15, 0.2) is 18.2 Å². The lowest BCUT2D eigenvalue weighted by Gasteiger charge is -2.26. The normalized spacial score (nSPS) is 15.4. The maximum atomic E-state index is 13.4. The lowest BCUT2D eigenvalue weighted by atomic mass is 9.96. The van der Waals surface area contributed by atoms with Gasteiger partial charge in [0.1, 0.15) is 5.54 Å². The number of nitrogens with zero attached hydrogens (tertiary/aromatic N) is 1. The van der Waals surface area contributed by atoms with Gasteiger partial charge in [-0.3, -0.25) is 5.32 Å². The average Bonchev–Trinajstić information content (AvgIpc) is 2.35. The molecule has 1 rings (SSSR count). The van der Waals surface area contributed by atoms with E-state index in [1.54, 1.807) is 13.8 Å². The molecule has 1 N–H and O–H groups in total. The Balaban J connectivity index is 2.72. The third-order valence-corrected chi connectivity index (χ3v) is 2.75. The molecule has 0 bridgehead atoms. The molecule has 5 heteroatoms. The molecule has 19 heavy (non-hydrogen) atoms. The highest BCUT2D eigenvalue weighted by Crippen LogP contribution is 2.22. The Morgan fingerprint density at radius 3 is 2.74 bits per heavy atom. The van der Waals surface area contributed by atoms with Crippen molar-refractivity contribution in [2.75, 3.05) is 6.54 Å². The number of benzene rings is 1. The van der Waals surface area contributed by atoms with Crippen molar-refractivity contribution in [1.82, 2.24) is 5.32 Å². The maximum absolute atomic E-state index is 13.4. The molecule has 0 aliphatic carbocycles. The van der Waals surface area contributed by atoms with Crippen LogP contribution in [-0.2, 0) is 0 Å². The number of ether oxygens (including phenoxy) is 1. The summed E-state index contributed by atoms with van der Waals surface area (Å²) in [6, 6.07) is 5.95. The third kappa shape index (κ3) is 4.18. The van der Waals surface area contributed by atoms with E-state index in [-0.39, 0.29) is 5.75 Å². The molecule has 0 aliphatic heterocycles. The molecule has 1 aromatic rings. The van der Waals surface area contributed by atoms with E-state index in [0.717, 1.165) is 6.07 Å². The van der Waals surface area contributed by atoms with Crippen LogP contribution >= 0.6 is 0 Å². The van der Waals surface area contributed by atoms with Crippen LogP contribution in [0.2, 0.25) is 0 Å². The SMILES string of the molecule is CCNC(C)(C#N)CC(C)Oc1cccc(F)c1F. The van der Waals surface area contributed by atoms with Crippen molar-refractivity contribution in [1.29, 1.82) is 5.26 Å². The zero-order valence-electron chi connectivity index (χ0n) is 11.3. The van der Waals surface area contributed by atoms with Crippen LogP contribution in [0.3, 0.4) is 0 Å². The minimum absolute atomic E-state index is 0.135. The number of rotatable bonds is 6. The van der Waals surface area contributed by atoms with Crippen molar-refractivity contribution < 1.29 is 13.5 Å². The fraction of sp³-hybridized carbons (Fsp3) is 0.500. The first-order valence-corrected chi connectivity index (χ1v) is 6.19. The van der Waals surface area contributed by atoms with Crippen LogP contribution < -0.4 is 10.1 Å². The fourth-order valence-electron chi connectivity index (χ4n) is 1.96. The highest BCUT2D eigenvalue weighted by atomic mass is 19.2. The molecule has 104 valence electrons. The van der Waals surface area contributed by atoms with Gasteiger partial charge in [-0.25, -0.2) is 4.39 Å². The standard InChI is InChI=1S/C14H18F2N2O/c1-4-18-14(3,9-17)8-10(2)19-12-7-5-6-11(15)13(12)16/h5-7,10,18H,4,8H2,1-3H3. The van der Waals surface area contributed by atoms with Crippen LogP contribution in [0.5, 0.6) is 5.75 Å². The molecule has 3 nitrogen and oxygen atoms in total. The second-order valence-corrected chi connectivity index (χ2v) is 4.66. The second-order valence-electron chi connectivity index (χ2n) is 4.66. The van der Waals surface area contributed by atoms with Gasteiger partial charge in [0.15, 0.2) is 11.6 Å². The molecule has 0 saturated heterocycles. The largest absolute Gasteiger partial charge is 0.487 e. The quantitative estimate of drug-likeness (QED) is 0.862. The van der Waals surface area contributed by atoms with Crippen molar-refractivity contribution in [3.8, 4) is 11.8 Å². The third-order valence-electron chi connectivity index (χ3n) is 2.75. The van der Waals surface area contributed by atoms with E-state index >= 15 is 0 Å². The molecule has 0 spiro atoms. The Bertz CT molecular complexity index is 473. The second kappa shape index (κ2) is 6.48. The molecule has 0 saturated carbocycles. The Labute approximate surface area is 112 Å². The summed E-state index contributed by atoms with van der Waals surface area (Å²) < 4.78 is 31.8. The summed E-state index contributed by atoms with van der Waals surface area (Å²) >= 11 is 0. The van der Waals surface area contributed by atoms with Gasteiger partial charge in [0.2, 0.25) is 5.82 Å². The van der Waals surface area contributed by atoms with Gasteiger partial charge in [-0.1, -0.05) is 13.0 Å². The number of nitrogens with one attached hydrogen (secondary N) is 1. The Morgan fingerprint density at radius 2 is 2.16 bits per heavy atom. The summed E-state index contributed by atoms with van der Waals surface area (Å²) in [6.45, 7) is 6.01. The van der Waals surface area contributed by atoms with Gasteiger partial charge >= 0.3 is 0 Å². The first-order valence-electron chi connectivity index (χ1n) is 6.19. The van der Waals surface area contributed by atoms with E-state index in [2.05, 4.69) is 11.4 Å². The lowest BCUT2D eigenvalue weighted by Crippen LogP contribution is -2.44. The minimum atomic E-state index is -1.00. The zero-order chi connectivity index (χ0) is 14.5. The molecular formula is C14H18F2N2O. The van der Waals surface area contributed by atoms with Gasteiger partial charge in [-0.2, -0.15) is 9.65 Å². The van der Waals surface area contributed by atoms with Gasteiger partial charge in [0.25, 0.3) is 0 Å². The van der Waals surface area contributed by atoms with E-state index < -0.39 is 23.3 Å². The van der Waals surface area contributed by atoms with Crippen LogP contribution in [0.4, 0.5) is 8.78 Å². The summed E-state index contributed by atoms with van der Waals surface area (Å²) in [5.41, 5.74) is -0.752. The van der Waals surface area contributed by atoms with Crippen molar-refractivity contribution in [2.24, 2.45) is 0 Å². The minimum Gasteiger partial charge on any atom is -0.487 e. The molecule has 2 atom stereocenters. The Morgan fingerprint density at radius 1 is 1.47 bits per heavy atom. The van der Waals surface area contributed by atoms with E-state index in [4.69, 9.17) is 10.00 Å². The van der Waals surface area contributed by atoms with Gasteiger partial charge in [0.05, 0.1) is 12.2 Å². The van der Waals surface area contributed by atoms with E-state index in [1.165, 1.54) is 12.1 Å². The number of hydrogen-bond acceptors (Lipinski definition) is 3. The smallest absolute Gasteiger partial charge is 0.200 e. The van der Waals surface area contributed by atoms with Crippen LogP contribution in [0.25, 0.3) is 0 Å². The van der Waals surface area contributed by atoms with Gasteiger partial charge < -0.3 is 4.74 Å². The molecule has 0 aromatic heterocycles. The summed E-state index contributed by atoms with van der Waals surface area (Å²) in [6.07, 6.45) is -0.0483. The highest BCUT2D eigenvalue weighted by molar-refractivity contribution is 5.25. The van der Waals surface area contributed by atoms with Crippen LogP contribution in [0.1, 0.15) is 27.2 Å². The number of hydrogen-bond donors (Lipinski definition) is 1. The topological polar surface area (TPSA) is 45.0 Å². The first kappa shape index (κ1) is 15.4. The Kier molecular flexibility index (Phi) is 5.25. The van der Waals surface area contributed by atoms with Crippen molar-refractivity contribution in [2.45, 2.75) is 38.8 Å². The molecule has 0 heterocycles. The van der Waals surface area contributed by atoms with Crippen molar-refractivity contribution in [3.05, 3.63) is 29.8 Å². The zero-order valence-corrected chi connectivity index (χ0v) is 11.3. The fourth-order valence-corrected chi connectivity index (χ4v) is 1.96. The summed E-state index contributed by atoms with van der Waals surface area (Å²) in [7, 11) is 0. The lowest BCUT2D eigenvalue weighted by molar-refractivity contribution is 0.172. The van der Waals surface area contributed by atoms with Crippen molar-refractivity contribution in [3.63, 3.8) is 0 Å². The molecule has 2 unspecified atom stereocenters. The molecule has 0 aliphatic rings. The van der Waals surface area contributed by atoms with E-state index in [9.17, 15) is 8.78 Å².